The fourth-order valence-electron chi connectivity index (χ4n) is 2.09. The molecule has 1 N–H and O–H groups in total. The summed E-state index contributed by atoms with van der Waals surface area (Å²) in [6.07, 6.45) is 6.36. The number of imidazole rings is 1. The number of hydrogen-bond acceptors (Lipinski definition) is 2. The summed E-state index contributed by atoms with van der Waals surface area (Å²) in [5.41, 5.74) is 2.97. The molecule has 1 amide bonds. The van der Waals surface area contributed by atoms with E-state index in [9.17, 15) is 4.79 Å². The molecule has 0 aliphatic heterocycles. The summed E-state index contributed by atoms with van der Waals surface area (Å²) in [7, 11) is 0. The van der Waals surface area contributed by atoms with Gasteiger partial charge < -0.3 is 9.88 Å². The van der Waals surface area contributed by atoms with Crippen molar-refractivity contribution in [3.63, 3.8) is 0 Å². The first-order valence-electron chi connectivity index (χ1n) is 8.20. The van der Waals surface area contributed by atoms with Gasteiger partial charge in [0.2, 0.25) is 0 Å². The lowest BCUT2D eigenvalue weighted by Gasteiger charge is -2.07. The maximum Gasteiger partial charge on any atom is 0.251 e. The minimum atomic E-state index is -0.00238. The lowest BCUT2D eigenvalue weighted by Crippen LogP contribution is -2.25. The second kappa shape index (κ2) is 9.82. The van der Waals surface area contributed by atoms with E-state index in [1.165, 1.54) is 0 Å². The minimum absolute atomic E-state index is 0.00238. The third-order valence-electron chi connectivity index (χ3n) is 2.92. The number of hydrogen-bond donors (Lipinski definition) is 1. The molecule has 0 aliphatic carbocycles. The van der Waals surface area contributed by atoms with Crippen LogP contribution in [0.5, 0.6) is 0 Å². The van der Waals surface area contributed by atoms with Crippen molar-refractivity contribution in [3.05, 3.63) is 53.6 Å². The highest BCUT2D eigenvalue weighted by Crippen LogP contribution is 2.08. The lowest BCUT2D eigenvalue weighted by molar-refractivity contribution is 0.0952. The zero-order chi connectivity index (χ0) is 17.2. The standard InChI is InChI=1S/C15H19N3O.C4H10/c1-12-8-13(2)10-14(9-12)15(19)17-4-3-6-18-7-5-16-11-18;1-4(2)3/h5,7-11H,3-4,6H2,1-2H3,(H,17,19);4H,1-3H3. The van der Waals surface area contributed by atoms with Gasteiger partial charge in [-0.1, -0.05) is 38.0 Å². The summed E-state index contributed by atoms with van der Waals surface area (Å²) in [5.74, 6) is 0.831. The smallest absolute Gasteiger partial charge is 0.251 e. The molecule has 0 spiro atoms. The van der Waals surface area contributed by atoms with Crippen LogP contribution in [0.25, 0.3) is 0 Å². The molecule has 0 aliphatic rings. The first-order chi connectivity index (χ1) is 10.9. The second-order valence-corrected chi connectivity index (χ2v) is 6.52. The van der Waals surface area contributed by atoms with E-state index in [0.717, 1.165) is 35.6 Å². The fraction of sp³-hybridized carbons (Fsp3) is 0.474. The lowest BCUT2D eigenvalue weighted by atomic mass is 10.1. The zero-order valence-corrected chi connectivity index (χ0v) is 15.0. The number of aryl methyl sites for hydroxylation is 3. The highest BCUT2D eigenvalue weighted by Gasteiger charge is 2.05. The number of carbonyl (C=O) groups is 1. The van der Waals surface area contributed by atoms with E-state index in [1.807, 2.05) is 36.7 Å². The minimum Gasteiger partial charge on any atom is -0.352 e. The van der Waals surface area contributed by atoms with Gasteiger partial charge in [0, 0.05) is 31.0 Å². The average molecular weight is 315 g/mol. The molecule has 4 nitrogen and oxygen atoms in total. The Balaban J connectivity index is 0.000000593. The summed E-state index contributed by atoms with van der Waals surface area (Å²) in [6, 6.07) is 5.90. The van der Waals surface area contributed by atoms with E-state index in [1.54, 1.807) is 12.5 Å². The van der Waals surface area contributed by atoms with E-state index in [0.29, 0.717) is 6.54 Å². The Bertz CT molecular complexity index is 566. The van der Waals surface area contributed by atoms with Gasteiger partial charge in [-0.3, -0.25) is 4.79 Å². The van der Waals surface area contributed by atoms with Crippen LogP contribution in [0.1, 0.15) is 48.7 Å². The number of aromatic nitrogens is 2. The number of carbonyl (C=O) groups excluding carboxylic acids is 1. The molecule has 126 valence electrons. The number of amides is 1. The van der Waals surface area contributed by atoms with Crippen LogP contribution in [0, 0.1) is 19.8 Å². The normalized spacial score (nSPS) is 10.2. The third-order valence-corrected chi connectivity index (χ3v) is 2.92. The molecular weight excluding hydrogens is 286 g/mol. The number of nitrogens with one attached hydrogen (secondary N) is 1. The van der Waals surface area contributed by atoms with Crippen LogP contribution in [0.2, 0.25) is 0 Å². The largest absolute Gasteiger partial charge is 0.352 e. The van der Waals surface area contributed by atoms with Crippen molar-refractivity contribution >= 4 is 5.91 Å². The molecule has 0 saturated heterocycles. The molecule has 2 aromatic rings. The van der Waals surface area contributed by atoms with Crippen LogP contribution in [0.15, 0.2) is 36.9 Å². The van der Waals surface area contributed by atoms with Crippen molar-refractivity contribution in [3.8, 4) is 0 Å². The Morgan fingerprint density at radius 1 is 1.17 bits per heavy atom. The van der Waals surface area contributed by atoms with E-state index >= 15 is 0 Å². The van der Waals surface area contributed by atoms with Crippen LogP contribution < -0.4 is 5.32 Å². The zero-order valence-electron chi connectivity index (χ0n) is 15.0. The molecular formula is C19H29N3O. The van der Waals surface area contributed by atoms with Gasteiger partial charge in [-0.25, -0.2) is 4.98 Å². The summed E-state index contributed by atoms with van der Waals surface area (Å²) >= 11 is 0. The molecule has 4 heteroatoms. The van der Waals surface area contributed by atoms with Crippen LogP contribution in [0.4, 0.5) is 0 Å². The monoisotopic (exact) mass is 315 g/mol. The second-order valence-electron chi connectivity index (χ2n) is 6.52. The fourth-order valence-corrected chi connectivity index (χ4v) is 2.09. The van der Waals surface area contributed by atoms with Crippen LogP contribution in [0.3, 0.4) is 0 Å². The van der Waals surface area contributed by atoms with Crippen molar-refractivity contribution in [1.29, 1.82) is 0 Å². The molecule has 1 aromatic heterocycles. The van der Waals surface area contributed by atoms with Crippen LogP contribution in [-0.4, -0.2) is 22.0 Å². The van der Waals surface area contributed by atoms with Gasteiger partial charge in [-0.15, -0.1) is 0 Å². The van der Waals surface area contributed by atoms with Crippen LogP contribution in [-0.2, 0) is 6.54 Å². The van der Waals surface area contributed by atoms with Gasteiger partial charge in [0.25, 0.3) is 5.91 Å². The third kappa shape index (κ3) is 8.19. The van der Waals surface area contributed by atoms with Gasteiger partial charge in [0.15, 0.2) is 0 Å². The van der Waals surface area contributed by atoms with Crippen molar-refractivity contribution < 1.29 is 4.79 Å². The van der Waals surface area contributed by atoms with E-state index < -0.39 is 0 Å². The summed E-state index contributed by atoms with van der Waals surface area (Å²) in [6.45, 7) is 12.0. The SMILES string of the molecule is CC(C)C.Cc1cc(C)cc(C(=O)NCCCn2ccnc2)c1. The highest BCUT2D eigenvalue weighted by molar-refractivity contribution is 5.94. The Morgan fingerprint density at radius 2 is 1.78 bits per heavy atom. The molecule has 23 heavy (non-hydrogen) atoms. The molecule has 0 radical (unpaired) electrons. The van der Waals surface area contributed by atoms with Gasteiger partial charge in [0.05, 0.1) is 6.33 Å². The Morgan fingerprint density at radius 3 is 2.30 bits per heavy atom. The van der Waals surface area contributed by atoms with Gasteiger partial charge >= 0.3 is 0 Å². The summed E-state index contributed by atoms with van der Waals surface area (Å²) < 4.78 is 2.00. The van der Waals surface area contributed by atoms with Crippen molar-refractivity contribution in [2.75, 3.05) is 6.54 Å². The van der Waals surface area contributed by atoms with Gasteiger partial charge in [-0.05, 0) is 38.3 Å². The molecule has 1 aromatic carbocycles. The number of benzene rings is 1. The average Bonchev–Trinajstić information content (AvgIpc) is 2.95. The maximum atomic E-state index is 12.0. The maximum absolute atomic E-state index is 12.0. The molecule has 0 saturated carbocycles. The quantitative estimate of drug-likeness (QED) is 0.848. The molecule has 2 rings (SSSR count). The molecule has 1 heterocycles. The first kappa shape index (κ1) is 18.9. The highest BCUT2D eigenvalue weighted by atomic mass is 16.1. The van der Waals surface area contributed by atoms with Crippen molar-refractivity contribution in [1.82, 2.24) is 14.9 Å². The Hall–Kier alpha value is -2.10. The molecule has 0 fully saturated rings. The molecule has 0 bridgehead atoms. The van der Waals surface area contributed by atoms with Gasteiger partial charge in [-0.2, -0.15) is 0 Å². The van der Waals surface area contributed by atoms with E-state index in [-0.39, 0.29) is 5.91 Å². The van der Waals surface area contributed by atoms with Crippen molar-refractivity contribution in [2.45, 2.75) is 47.6 Å². The predicted molar refractivity (Wildman–Crippen MR) is 95.6 cm³/mol. The predicted octanol–water partition coefficient (Wildman–Crippen LogP) is 3.98. The van der Waals surface area contributed by atoms with E-state index in [4.69, 9.17) is 0 Å². The first-order valence-corrected chi connectivity index (χ1v) is 8.20. The van der Waals surface area contributed by atoms with Gasteiger partial charge in [0.1, 0.15) is 0 Å². The summed E-state index contributed by atoms with van der Waals surface area (Å²) in [4.78, 5) is 16.0. The van der Waals surface area contributed by atoms with Crippen LogP contribution >= 0.6 is 0 Å². The van der Waals surface area contributed by atoms with E-state index in [2.05, 4.69) is 37.1 Å². The summed E-state index contributed by atoms with van der Waals surface area (Å²) in [5, 5.41) is 2.94. The molecule has 0 atom stereocenters. The number of nitrogens with zero attached hydrogens (tertiary/aromatic N) is 2. The van der Waals surface area contributed by atoms with Crippen molar-refractivity contribution in [2.24, 2.45) is 5.92 Å². The Kier molecular flexibility index (Phi) is 8.09. The number of rotatable bonds is 5. The topological polar surface area (TPSA) is 46.9 Å². The molecule has 0 unspecified atom stereocenters. The Labute approximate surface area is 139 Å².